The van der Waals surface area contributed by atoms with Gasteiger partial charge in [0.1, 0.15) is 12.4 Å². The van der Waals surface area contributed by atoms with Gasteiger partial charge in [0, 0.05) is 12.3 Å². The molecular formula is C27H44O6. The van der Waals surface area contributed by atoms with Gasteiger partial charge in [0.2, 0.25) is 5.78 Å². The van der Waals surface area contributed by atoms with E-state index < -0.39 is 18.1 Å². The van der Waals surface area contributed by atoms with Crippen molar-refractivity contribution in [3.63, 3.8) is 0 Å². The van der Waals surface area contributed by atoms with E-state index in [1.807, 2.05) is 6.08 Å². The second-order valence-corrected chi connectivity index (χ2v) is 9.46. The molecule has 6 nitrogen and oxygen atoms in total. The Kier molecular flexibility index (Phi) is 14.0. The number of rotatable bonds is 14. The van der Waals surface area contributed by atoms with E-state index in [-0.39, 0.29) is 17.4 Å². The zero-order valence-electron chi connectivity index (χ0n) is 20.3. The van der Waals surface area contributed by atoms with Gasteiger partial charge in [-0.2, -0.15) is 0 Å². The Hall–Kier alpha value is -1.92. The molecule has 1 unspecified atom stereocenters. The quantitative estimate of drug-likeness (QED) is 0.117. The van der Waals surface area contributed by atoms with Crippen molar-refractivity contribution in [2.45, 2.75) is 96.5 Å². The summed E-state index contributed by atoms with van der Waals surface area (Å²) in [5.74, 6) is -0.424. The lowest BCUT2D eigenvalue weighted by Gasteiger charge is -2.46. The number of allylic oxidation sites excluding steroid dienone is 3. The van der Waals surface area contributed by atoms with E-state index in [9.17, 15) is 19.8 Å². The molecule has 0 saturated heterocycles. The van der Waals surface area contributed by atoms with E-state index in [0.29, 0.717) is 24.5 Å². The molecule has 2 aliphatic carbocycles. The Bertz CT molecular complexity index is 662. The van der Waals surface area contributed by atoms with Gasteiger partial charge in [-0.1, -0.05) is 51.3 Å². The highest BCUT2D eigenvalue weighted by Gasteiger charge is 2.43. The summed E-state index contributed by atoms with van der Waals surface area (Å²) in [7, 11) is 0. The van der Waals surface area contributed by atoms with Crippen molar-refractivity contribution in [3.05, 3.63) is 36.8 Å². The molecule has 3 atom stereocenters. The highest BCUT2D eigenvalue weighted by Crippen LogP contribution is 2.50. The molecule has 0 bridgehead atoms. The number of aliphatic hydroxyl groups excluding tert-OH is 4. The van der Waals surface area contributed by atoms with Crippen molar-refractivity contribution in [2.24, 2.45) is 17.3 Å². The molecule has 33 heavy (non-hydrogen) atoms. The fourth-order valence-corrected chi connectivity index (χ4v) is 5.21. The molecule has 0 aromatic heterocycles. The number of ketones is 2. The van der Waals surface area contributed by atoms with E-state index in [1.54, 1.807) is 6.08 Å². The minimum atomic E-state index is -0.708. The highest BCUT2D eigenvalue weighted by atomic mass is 16.3. The summed E-state index contributed by atoms with van der Waals surface area (Å²) in [6.07, 6.45) is 18.3. The van der Waals surface area contributed by atoms with Crippen LogP contribution in [0.4, 0.5) is 0 Å². The number of aliphatic hydroxyl groups is 4. The number of hydrogen-bond donors (Lipinski definition) is 4. The standard InChI is InChI=1S/C25H40O5.C2H4O/c1-2-3-7-15-25(16-8-17-25)24(30)14-12-19-11-13-21(27)20(19)9-5-4-6-10-22(28)23(29)18-26;1-2-3/h4,6,10,19-20,24,26,28,30H,2-3,5,7-9,11-18H2,1H3;2-3H,1H2/t19-,20-,24?;/m1./s1. The normalized spacial score (nSPS) is 23.0. The lowest BCUT2D eigenvalue weighted by Crippen LogP contribution is -2.41. The zero-order chi connectivity index (χ0) is 24.7. The Morgan fingerprint density at radius 2 is 1.97 bits per heavy atom. The molecule has 2 aliphatic rings. The Labute approximate surface area is 199 Å². The van der Waals surface area contributed by atoms with E-state index in [2.05, 4.69) is 13.5 Å². The SMILES string of the molecule is C=CO.CCCCCC1(C(O)CC[C@H]2CCC(=O)[C@@H]2CCC=CC=C(O)C(=O)CO)CCC1. The van der Waals surface area contributed by atoms with Gasteiger partial charge in [0.15, 0.2) is 5.76 Å². The fourth-order valence-electron chi connectivity index (χ4n) is 5.21. The van der Waals surface area contributed by atoms with Crippen LogP contribution in [0.5, 0.6) is 0 Å². The molecule has 0 radical (unpaired) electrons. The third-order valence-electron chi connectivity index (χ3n) is 7.35. The van der Waals surface area contributed by atoms with Crippen LogP contribution in [0.25, 0.3) is 0 Å². The summed E-state index contributed by atoms with van der Waals surface area (Å²) in [5, 5.41) is 36.4. The van der Waals surface area contributed by atoms with Crippen LogP contribution in [0.2, 0.25) is 0 Å². The first-order valence-corrected chi connectivity index (χ1v) is 12.5. The first-order valence-electron chi connectivity index (χ1n) is 12.5. The van der Waals surface area contributed by atoms with Gasteiger partial charge < -0.3 is 20.4 Å². The summed E-state index contributed by atoms with van der Waals surface area (Å²) in [5.41, 5.74) is 0.135. The second kappa shape index (κ2) is 15.8. The summed E-state index contributed by atoms with van der Waals surface area (Å²) >= 11 is 0. The van der Waals surface area contributed by atoms with Gasteiger partial charge in [-0.15, -0.1) is 0 Å². The summed E-state index contributed by atoms with van der Waals surface area (Å²) in [6.45, 7) is 4.42. The molecule has 0 heterocycles. The van der Waals surface area contributed by atoms with Crippen LogP contribution < -0.4 is 0 Å². The van der Waals surface area contributed by atoms with E-state index in [1.165, 1.54) is 31.8 Å². The molecule has 4 N–H and O–H groups in total. The second-order valence-electron chi connectivity index (χ2n) is 9.46. The fraction of sp³-hybridized carbons (Fsp3) is 0.704. The monoisotopic (exact) mass is 464 g/mol. The van der Waals surface area contributed by atoms with E-state index in [4.69, 9.17) is 10.2 Å². The topological polar surface area (TPSA) is 115 Å². The van der Waals surface area contributed by atoms with Crippen LogP contribution in [0.3, 0.4) is 0 Å². The minimum absolute atomic E-state index is 0.0518. The molecule has 6 heteroatoms. The third kappa shape index (κ3) is 9.46. The van der Waals surface area contributed by atoms with Crippen molar-refractivity contribution >= 4 is 11.6 Å². The maximum absolute atomic E-state index is 12.4. The molecule has 188 valence electrons. The molecule has 0 amide bonds. The first kappa shape index (κ1) is 29.1. The molecule has 0 aromatic rings. The van der Waals surface area contributed by atoms with Gasteiger partial charge in [-0.3, -0.25) is 9.59 Å². The lowest BCUT2D eigenvalue weighted by molar-refractivity contribution is -0.121. The molecule has 2 rings (SSSR count). The Balaban J connectivity index is 0.00000172. The number of hydrogen-bond acceptors (Lipinski definition) is 6. The Morgan fingerprint density at radius 1 is 1.27 bits per heavy atom. The number of Topliss-reactive ketones (excluding diaryl/α,β-unsaturated/α-hetero) is 2. The number of unbranched alkanes of at least 4 members (excludes halogenated alkanes) is 2. The number of carbonyl (C=O) groups is 2. The zero-order valence-corrected chi connectivity index (χ0v) is 20.3. The smallest absolute Gasteiger partial charge is 0.222 e. The summed E-state index contributed by atoms with van der Waals surface area (Å²) in [4.78, 5) is 23.5. The largest absolute Gasteiger partial charge is 0.516 e. The predicted molar refractivity (Wildman–Crippen MR) is 131 cm³/mol. The Morgan fingerprint density at radius 3 is 2.55 bits per heavy atom. The van der Waals surface area contributed by atoms with Crippen LogP contribution in [0, 0.1) is 17.3 Å². The van der Waals surface area contributed by atoms with E-state index >= 15 is 0 Å². The lowest BCUT2D eigenvalue weighted by atomic mass is 9.61. The van der Waals surface area contributed by atoms with Crippen molar-refractivity contribution in [1.29, 1.82) is 0 Å². The molecule has 0 spiro atoms. The maximum atomic E-state index is 12.4. The van der Waals surface area contributed by atoms with Gasteiger partial charge >= 0.3 is 0 Å². The van der Waals surface area contributed by atoms with E-state index in [0.717, 1.165) is 51.2 Å². The molecule has 0 aliphatic heterocycles. The van der Waals surface area contributed by atoms with Gasteiger partial charge in [0.05, 0.1) is 12.4 Å². The first-order chi connectivity index (χ1) is 15.8. The molecule has 2 fully saturated rings. The summed E-state index contributed by atoms with van der Waals surface area (Å²) in [6, 6.07) is 0. The predicted octanol–water partition coefficient (Wildman–Crippen LogP) is 5.50. The van der Waals surface area contributed by atoms with Crippen LogP contribution >= 0.6 is 0 Å². The molecular weight excluding hydrogens is 420 g/mol. The van der Waals surface area contributed by atoms with Crippen molar-refractivity contribution in [3.8, 4) is 0 Å². The highest BCUT2D eigenvalue weighted by molar-refractivity contribution is 5.94. The van der Waals surface area contributed by atoms with Crippen LogP contribution in [0.15, 0.2) is 36.8 Å². The average Bonchev–Trinajstić information content (AvgIpc) is 3.12. The van der Waals surface area contributed by atoms with Crippen LogP contribution in [-0.2, 0) is 9.59 Å². The van der Waals surface area contributed by atoms with Crippen molar-refractivity contribution in [2.75, 3.05) is 6.61 Å². The van der Waals surface area contributed by atoms with Gasteiger partial charge in [-0.25, -0.2) is 0 Å². The number of carbonyl (C=O) groups excluding carboxylic acids is 2. The van der Waals surface area contributed by atoms with Crippen LogP contribution in [-0.4, -0.2) is 44.7 Å². The summed E-state index contributed by atoms with van der Waals surface area (Å²) < 4.78 is 0. The maximum Gasteiger partial charge on any atom is 0.222 e. The van der Waals surface area contributed by atoms with Crippen molar-refractivity contribution in [1.82, 2.24) is 0 Å². The molecule has 0 aromatic carbocycles. The minimum Gasteiger partial charge on any atom is -0.516 e. The molecule has 2 saturated carbocycles. The van der Waals surface area contributed by atoms with Gasteiger partial charge in [-0.05, 0) is 68.8 Å². The van der Waals surface area contributed by atoms with Gasteiger partial charge in [0.25, 0.3) is 0 Å². The van der Waals surface area contributed by atoms with Crippen LogP contribution in [0.1, 0.15) is 90.4 Å². The third-order valence-corrected chi connectivity index (χ3v) is 7.35. The average molecular weight is 465 g/mol. The van der Waals surface area contributed by atoms with Crippen molar-refractivity contribution < 1.29 is 30.0 Å².